The average Bonchev–Trinajstić information content (AvgIpc) is 2.81. The van der Waals surface area contributed by atoms with Gasteiger partial charge in [-0.05, 0) is 41.1 Å². The maximum atomic E-state index is 13.6. The summed E-state index contributed by atoms with van der Waals surface area (Å²) in [4.78, 5) is 18.6. The van der Waals surface area contributed by atoms with E-state index in [9.17, 15) is 9.18 Å². The number of aromatic nitrogens is 1. The van der Waals surface area contributed by atoms with Crippen molar-refractivity contribution < 1.29 is 9.18 Å². The first-order valence-electron chi connectivity index (χ1n) is 5.74. The van der Waals surface area contributed by atoms with Crippen molar-refractivity contribution in [1.82, 2.24) is 9.88 Å². The van der Waals surface area contributed by atoms with Crippen LogP contribution >= 0.6 is 27.3 Å². The molecule has 3 nitrogen and oxygen atoms in total. The molecule has 0 saturated heterocycles. The van der Waals surface area contributed by atoms with Crippen LogP contribution in [0.15, 0.2) is 34.4 Å². The highest BCUT2D eigenvalue weighted by molar-refractivity contribution is 9.11. The van der Waals surface area contributed by atoms with E-state index >= 15 is 0 Å². The van der Waals surface area contributed by atoms with Gasteiger partial charge < -0.3 is 4.90 Å². The highest BCUT2D eigenvalue weighted by atomic mass is 79.9. The molecule has 0 spiro atoms. The number of amides is 1. The molecule has 2 aromatic rings. The molecular formula is C13H12BrFN2OS. The summed E-state index contributed by atoms with van der Waals surface area (Å²) in [6.45, 7) is 2.88. The predicted molar refractivity (Wildman–Crippen MR) is 76.6 cm³/mol. The summed E-state index contributed by atoms with van der Waals surface area (Å²) in [7, 11) is 0. The van der Waals surface area contributed by atoms with Crippen molar-refractivity contribution in [1.29, 1.82) is 0 Å². The Morgan fingerprint density at radius 2 is 2.26 bits per heavy atom. The second kappa shape index (κ2) is 6.25. The minimum Gasteiger partial charge on any atom is -0.334 e. The van der Waals surface area contributed by atoms with Crippen molar-refractivity contribution in [2.75, 3.05) is 6.54 Å². The topological polar surface area (TPSA) is 33.2 Å². The first-order chi connectivity index (χ1) is 9.11. The zero-order valence-electron chi connectivity index (χ0n) is 10.3. The van der Waals surface area contributed by atoms with Crippen LogP contribution in [0.1, 0.15) is 22.2 Å². The molecule has 19 heavy (non-hydrogen) atoms. The molecule has 0 unspecified atom stereocenters. The number of hydrogen-bond acceptors (Lipinski definition) is 3. The molecule has 0 N–H and O–H groups in total. The minimum absolute atomic E-state index is 0.0625. The third-order valence-corrected chi connectivity index (χ3v) is 4.26. The molecule has 2 rings (SSSR count). The highest BCUT2D eigenvalue weighted by Gasteiger charge is 2.18. The largest absolute Gasteiger partial charge is 0.334 e. The van der Waals surface area contributed by atoms with Gasteiger partial charge in [-0.3, -0.25) is 9.78 Å². The lowest BCUT2D eigenvalue weighted by Gasteiger charge is -2.20. The predicted octanol–water partition coefficient (Wildman–Crippen LogP) is 3.71. The number of pyridine rings is 1. The zero-order chi connectivity index (χ0) is 13.8. The normalized spacial score (nSPS) is 10.5. The van der Waals surface area contributed by atoms with E-state index in [1.807, 2.05) is 19.1 Å². The molecule has 2 aromatic heterocycles. The number of nitrogens with zero attached hydrogens (tertiary/aromatic N) is 2. The summed E-state index contributed by atoms with van der Waals surface area (Å²) in [5.74, 6) is -0.898. The van der Waals surface area contributed by atoms with Gasteiger partial charge in [0.1, 0.15) is 0 Å². The Balaban J connectivity index is 2.18. The van der Waals surface area contributed by atoms with Crippen LogP contribution in [0.3, 0.4) is 0 Å². The van der Waals surface area contributed by atoms with Crippen LogP contribution in [0.4, 0.5) is 4.39 Å². The molecule has 100 valence electrons. The highest BCUT2D eigenvalue weighted by Crippen LogP contribution is 2.24. The van der Waals surface area contributed by atoms with E-state index in [0.717, 1.165) is 14.9 Å². The maximum Gasteiger partial charge on any atom is 0.257 e. The first kappa shape index (κ1) is 14.1. The van der Waals surface area contributed by atoms with Crippen LogP contribution in [-0.2, 0) is 6.54 Å². The van der Waals surface area contributed by atoms with Crippen LogP contribution in [-0.4, -0.2) is 22.3 Å². The number of hydrogen-bond donors (Lipinski definition) is 0. The third-order valence-electron chi connectivity index (χ3n) is 2.65. The lowest BCUT2D eigenvalue weighted by atomic mass is 10.2. The van der Waals surface area contributed by atoms with Crippen LogP contribution in [0, 0.1) is 5.82 Å². The molecule has 0 aliphatic heterocycles. The maximum absolute atomic E-state index is 13.6. The molecule has 0 saturated carbocycles. The fourth-order valence-corrected chi connectivity index (χ4v) is 3.17. The van der Waals surface area contributed by atoms with Gasteiger partial charge in [-0.25, -0.2) is 4.39 Å². The van der Waals surface area contributed by atoms with Crippen molar-refractivity contribution in [2.24, 2.45) is 0 Å². The standard InChI is InChI=1S/C13H12BrFN2OS/c1-2-17(8-9-3-4-12(14)19-9)13(18)10-5-6-16-7-11(10)15/h3-7H,2,8H2,1H3. The lowest BCUT2D eigenvalue weighted by molar-refractivity contribution is 0.0749. The number of carbonyl (C=O) groups is 1. The summed E-state index contributed by atoms with van der Waals surface area (Å²) >= 11 is 4.95. The second-order valence-corrected chi connectivity index (χ2v) is 6.43. The fraction of sp³-hybridized carbons (Fsp3) is 0.231. The van der Waals surface area contributed by atoms with Crippen molar-refractivity contribution >= 4 is 33.2 Å². The molecule has 0 bridgehead atoms. The Kier molecular flexibility index (Phi) is 4.66. The minimum atomic E-state index is -0.585. The van der Waals surface area contributed by atoms with E-state index in [1.54, 1.807) is 16.2 Å². The van der Waals surface area contributed by atoms with Crippen LogP contribution in [0.25, 0.3) is 0 Å². The molecule has 0 aromatic carbocycles. The van der Waals surface area contributed by atoms with Gasteiger partial charge in [0.25, 0.3) is 5.91 Å². The summed E-state index contributed by atoms with van der Waals surface area (Å²) in [5, 5.41) is 0. The number of carbonyl (C=O) groups excluding carboxylic acids is 1. The fourth-order valence-electron chi connectivity index (χ4n) is 1.67. The molecule has 1 amide bonds. The van der Waals surface area contributed by atoms with Gasteiger partial charge in [-0.15, -0.1) is 11.3 Å². The smallest absolute Gasteiger partial charge is 0.257 e. The Labute approximate surface area is 123 Å². The second-order valence-electron chi connectivity index (χ2n) is 3.88. The molecule has 0 fully saturated rings. The first-order valence-corrected chi connectivity index (χ1v) is 7.35. The SMILES string of the molecule is CCN(Cc1ccc(Br)s1)C(=O)c1ccncc1F. The molecule has 0 radical (unpaired) electrons. The van der Waals surface area contributed by atoms with Gasteiger partial charge in [0, 0.05) is 17.6 Å². The molecule has 2 heterocycles. The molecular weight excluding hydrogens is 331 g/mol. The van der Waals surface area contributed by atoms with Gasteiger partial charge >= 0.3 is 0 Å². The Hall–Kier alpha value is -1.27. The average molecular weight is 343 g/mol. The quantitative estimate of drug-likeness (QED) is 0.848. The molecule has 0 aliphatic rings. The van der Waals surface area contributed by atoms with Gasteiger partial charge in [0.2, 0.25) is 0 Å². The monoisotopic (exact) mass is 342 g/mol. The Morgan fingerprint density at radius 1 is 1.47 bits per heavy atom. The van der Waals surface area contributed by atoms with Crippen molar-refractivity contribution in [3.05, 3.63) is 50.6 Å². The van der Waals surface area contributed by atoms with E-state index < -0.39 is 5.82 Å². The van der Waals surface area contributed by atoms with Crippen molar-refractivity contribution in [3.63, 3.8) is 0 Å². The summed E-state index contributed by atoms with van der Waals surface area (Å²) < 4.78 is 14.6. The number of thiophene rings is 1. The Bertz CT molecular complexity index is 588. The molecule has 0 aliphatic carbocycles. The van der Waals surface area contributed by atoms with E-state index in [1.165, 1.54) is 12.3 Å². The number of rotatable bonds is 4. The lowest BCUT2D eigenvalue weighted by Crippen LogP contribution is -2.30. The van der Waals surface area contributed by atoms with Gasteiger partial charge in [0.05, 0.1) is 22.1 Å². The van der Waals surface area contributed by atoms with Gasteiger partial charge in [-0.2, -0.15) is 0 Å². The zero-order valence-corrected chi connectivity index (χ0v) is 12.7. The summed E-state index contributed by atoms with van der Waals surface area (Å²) in [6.07, 6.45) is 2.48. The van der Waals surface area contributed by atoms with E-state index in [4.69, 9.17) is 0 Å². The molecule has 0 atom stereocenters. The van der Waals surface area contributed by atoms with Crippen molar-refractivity contribution in [3.8, 4) is 0 Å². The van der Waals surface area contributed by atoms with Gasteiger partial charge in [-0.1, -0.05) is 0 Å². The van der Waals surface area contributed by atoms with E-state index in [2.05, 4.69) is 20.9 Å². The van der Waals surface area contributed by atoms with E-state index in [-0.39, 0.29) is 11.5 Å². The van der Waals surface area contributed by atoms with E-state index in [0.29, 0.717) is 13.1 Å². The van der Waals surface area contributed by atoms with Crippen LogP contribution < -0.4 is 0 Å². The van der Waals surface area contributed by atoms with Gasteiger partial charge in [0.15, 0.2) is 5.82 Å². The summed E-state index contributed by atoms with van der Waals surface area (Å²) in [5.41, 5.74) is 0.0625. The molecule has 6 heteroatoms. The van der Waals surface area contributed by atoms with Crippen LogP contribution in [0.5, 0.6) is 0 Å². The number of halogens is 2. The Morgan fingerprint density at radius 3 is 2.84 bits per heavy atom. The van der Waals surface area contributed by atoms with Crippen LogP contribution in [0.2, 0.25) is 0 Å². The van der Waals surface area contributed by atoms with Crippen molar-refractivity contribution in [2.45, 2.75) is 13.5 Å². The summed E-state index contributed by atoms with van der Waals surface area (Å²) in [6, 6.07) is 5.30. The third kappa shape index (κ3) is 3.39.